The fourth-order valence-electron chi connectivity index (χ4n) is 4.68. The molecule has 0 radical (unpaired) electrons. The van der Waals surface area contributed by atoms with Crippen LogP contribution in [-0.4, -0.2) is 69.8 Å². The first-order valence-corrected chi connectivity index (χ1v) is 12.3. The molecule has 0 spiro atoms. The number of fused-ring (bicyclic) bond motifs is 1. The molecule has 1 saturated heterocycles. The van der Waals surface area contributed by atoms with Crippen LogP contribution in [0.25, 0.3) is 11.4 Å². The van der Waals surface area contributed by atoms with Crippen LogP contribution in [0.1, 0.15) is 48.3 Å². The number of aryl methyl sites for hydroxylation is 2. The number of amides is 1. The predicted molar refractivity (Wildman–Crippen MR) is 139 cm³/mol. The number of carbonyl (C=O) groups excluding carboxylic acids is 2. The van der Waals surface area contributed by atoms with Gasteiger partial charge in [-0.1, -0.05) is 25.1 Å². The first-order chi connectivity index (χ1) is 17.2. The van der Waals surface area contributed by atoms with Gasteiger partial charge >= 0.3 is 0 Å². The Morgan fingerprint density at radius 1 is 1.17 bits per heavy atom. The molecule has 0 saturated carbocycles. The second-order valence-corrected chi connectivity index (χ2v) is 9.50. The molecule has 8 heteroatoms. The highest BCUT2D eigenvalue weighted by atomic mass is 16.5. The lowest BCUT2D eigenvalue weighted by atomic mass is 9.96. The largest absolute Gasteiger partial charge is 0.505 e. The quantitative estimate of drug-likeness (QED) is 0.276. The lowest BCUT2D eigenvalue weighted by Gasteiger charge is -2.26. The van der Waals surface area contributed by atoms with Crippen LogP contribution >= 0.6 is 0 Å². The molecule has 0 bridgehead atoms. The van der Waals surface area contributed by atoms with Crippen molar-refractivity contribution in [2.24, 2.45) is 0 Å². The summed E-state index contributed by atoms with van der Waals surface area (Å²) in [6.07, 6.45) is 3.42. The zero-order chi connectivity index (χ0) is 26.0. The summed E-state index contributed by atoms with van der Waals surface area (Å²) in [5.41, 5.74) is 3.42. The van der Waals surface area contributed by atoms with Gasteiger partial charge in [0.2, 0.25) is 0 Å². The minimum Gasteiger partial charge on any atom is -0.505 e. The fraction of sp³-hybridized carbons (Fsp3) is 0.393. The van der Waals surface area contributed by atoms with Gasteiger partial charge in [-0.15, -0.1) is 0 Å². The van der Waals surface area contributed by atoms with E-state index >= 15 is 0 Å². The third-order valence-corrected chi connectivity index (χ3v) is 6.50. The average Bonchev–Trinajstić information content (AvgIpc) is 3.32. The number of aliphatic hydroxyl groups is 1. The van der Waals surface area contributed by atoms with E-state index in [0.29, 0.717) is 47.9 Å². The summed E-state index contributed by atoms with van der Waals surface area (Å²) < 4.78 is 7.70. The van der Waals surface area contributed by atoms with Crippen LogP contribution in [0.2, 0.25) is 0 Å². The van der Waals surface area contributed by atoms with Crippen molar-refractivity contribution in [3.05, 3.63) is 70.7 Å². The number of benzene rings is 1. The summed E-state index contributed by atoms with van der Waals surface area (Å²) in [4.78, 5) is 34.9. The third kappa shape index (κ3) is 4.73. The van der Waals surface area contributed by atoms with Gasteiger partial charge in [-0.3, -0.25) is 9.59 Å². The third-order valence-electron chi connectivity index (χ3n) is 6.50. The molecule has 1 aliphatic rings. The van der Waals surface area contributed by atoms with E-state index in [1.54, 1.807) is 4.90 Å². The zero-order valence-electron chi connectivity index (χ0n) is 21.6. The topological polar surface area (TPSA) is 87.4 Å². The summed E-state index contributed by atoms with van der Waals surface area (Å²) in [5.74, 6) is -0.908. The van der Waals surface area contributed by atoms with Gasteiger partial charge in [0.05, 0.1) is 23.9 Å². The summed E-state index contributed by atoms with van der Waals surface area (Å²) in [6, 6.07) is 10.5. The molecule has 1 fully saturated rings. The summed E-state index contributed by atoms with van der Waals surface area (Å²) in [7, 11) is 3.93. The van der Waals surface area contributed by atoms with Gasteiger partial charge in [-0.05, 0) is 76.7 Å². The Kier molecular flexibility index (Phi) is 7.45. The Labute approximate surface area is 211 Å². The Hall–Kier alpha value is -3.65. The maximum absolute atomic E-state index is 13.4. The van der Waals surface area contributed by atoms with Crippen molar-refractivity contribution >= 4 is 23.1 Å². The Morgan fingerprint density at radius 2 is 1.94 bits per heavy atom. The van der Waals surface area contributed by atoms with Crippen molar-refractivity contribution in [2.45, 2.75) is 39.7 Å². The normalized spacial score (nSPS) is 17.5. The van der Waals surface area contributed by atoms with Gasteiger partial charge in [-0.2, -0.15) is 0 Å². The van der Waals surface area contributed by atoms with Crippen molar-refractivity contribution in [2.75, 3.05) is 33.8 Å². The van der Waals surface area contributed by atoms with Crippen LogP contribution < -0.4 is 4.74 Å². The zero-order valence-corrected chi connectivity index (χ0v) is 21.6. The Balaban J connectivity index is 1.86. The van der Waals surface area contributed by atoms with Gasteiger partial charge in [0.15, 0.2) is 5.76 Å². The van der Waals surface area contributed by atoms with E-state index in [4.69, 9.17) is 4.74 Å². The predicted octanol–water partition coefficient (Wildman–Crippen LogP) is 4.11. The monoisotopic (exact) mass is 490 g/mol. The highest BCUT2D eigenvalue weighted by Gasteiger charge is 2.46. The number of nitrogens with zero attached hydrogens (tertiary/aromatic N) is 4. The number of Topliss-reactive ketones (excluding diaryl/α,β-unsaturated/α-hetero) is 1. The molecule has 1 aromatic carbocycles. The molecule has 3 aromatic rings. The number of carbonyl (C=O) groups is 2. The van der Waals surface area contributed by atoms with Crippen LogP contribution in [0.4, 0.5) is 0 Å². The number of hydrogen-bond donors (Lipinski definition) is 1. The molecule has 190 valence electrons. The molecule has 4 rings (SSSR count). The molecule has 1 amide bonds. The minimum absolute atomic E-state index is 0.0571. The van der Waals surface area contributed by atoms with E-state index in [0.717, 1.165) is 18.5 Å². The molecule has 8 nitrogen and oxygen atoms in total. The van der Waals surface area contributed by atoms with Crippen molar-refractivity contribution < 1.29 is 19.4 Å². The van der Waals surface area contributed by atoms with E-state index in [2.05, 4.69) is 4.98 Å². The van der Waals surface area contributed by atoms with E-state index < -0.39 is 17.7 Å². The van der Waals surface area contributed by atoms with E-state index in [-0.39, 0.29) is 11.3 Å². The lowest BCUT2D eigenvalue weighted by molar-refractivity contribution is -0.139. The minimum atomic E-state index is -0.734. The number of ether oxygens (including phenoxy) is 1. The molecule has 1 aliphatic heterocycles. The van der Waals surface area contributed by atoms with Gasteiger partial charge in [0.1, 0.15) is 17.1 Å². The summed E-state index contributed by atoms with van der Waals surface area (Å²) in [6.45, 7) is 7.52. The highest BCUT2D eigenvalue weighted by molar-refractivity contribution is 6.46. The van der Waals surface area contributed by atoms with E-state index in [9.17, 15) is 14.7 Å². The van der Waals surface area contributed by atoms with Crippen molar-refractivity contribution in [3.63, 3.8) is 0 Å². The number of aliphatic hydroxyl groups excluding tert-OH is 1. The smallest absolute Gasteiger partial charge is 0.295 e. The Morgan fingerprint density at radius 3 is 2.64 bits per heavy atom. The Bertz CT molecular complexity index is 1320. The highest BCUT2D eigenvalue weighted by Crippen LogP contribution is 2.40. The molecular weight excluding hydrogens is 456 g/mol. The second-order valence-electron chi connectivity index (χ2n) is 9.50. The molecule has 1 N–H and O–H groups in total. The number of aromatic nitrogens is 2. The maximum Gasteiger partial charge on any atom is 0.295 e. The number of likely N-dealkylation sites (tertiary alicyclic amines) is 1. The van der Waals surface area contributed by atoms with Gasteiger partial charge in [-0.25, -0.2) is 4.98 Å². The van der Waals surface area contributed by atoms with Crippen LogP contribution in [0.3, 0.4) is 0 Å². The number of rotatable bonds is 9. The molecule has 36 heavy (non-hydrogen) atoms. The van der Waals surface area contributed by atoms with Gasteiger partial charge in [0, 0.05) is 12.7 Å². The number of ketones is 1. The maximum atomic E-state index is 13.4. The van der Waals surface area contributed by atoms with Crippen LogP contribution in [0.15, 0.2) is 48.2 Å². The molecule has 2 aromatic heterocycles. The summed E-state index contributed by atoms with van der Waals surface area (Å²) >= 11 is 0. The fourth-order valence-corrected chi connectivity index (χ4v) is 4.68. The van der Waals surface area contributed by atoms with Gasteiger partial charge < -0.3 is 24.0 Å². The van der Waals surface area contributed by atoms with Crippen molar-refractivity contribution in [1.29, 1.82) is 0 Å². The van der Waals surface area contributed by atoms with E-state index in [1.807, 2.05) is 86.8 Å². The van der Waals surface area contributed by atoms with Crippen LogP contribution in [0, 0.1) is 13.8 Å². The SMILES string of the molecule is CCCOc1cccc(C2/C(=C(\O)c3nc4c(C)cccn4c3C)C(=O)C(=O)N2CCCN(C)C)c1. The number of hydrogen-bond acceptors (Lipinski definition) is 6. The molecule has 0 aliphatic carbocycles. The lowest BCUT2D eigenvalue weighted by Crippen LogP contribution is -2.32. The molecule has 1 atom stereocenters. The number of pyridine rings is 1. The van der Waals surface area contributed by atoms with Crippen molar-refractivity contribution in [3.8, 4) is 5.75 Å². The molecule has 3 heterocycles. The van der Waals surface area contributed by atoms with Gasteiger partial charge in [0.25, 0.3) is 11.7 Å². The van der Waals surface area contributed by atoms with Crippen molar-refractivity contribution in [1.82, 2.24) is 19.2 Å². The molecular formula is C28H34N4O4. The van der Waals surface area contributed by atoms with Crippen LogP contribution in [-0.2, 0) is 9.59 Å². The standard InChI is InChI=1S/C28H34N4O4/c1-6-16-36-21-12-7-11-20(17-21)24-22(26(34)28(35)32(24)15-9-13-30(4)5)25(33)23-19(3)31-14-8-10-18(2)27(31)29-23/h7-8,10-12,14,17,24,33H,6,9,13,15-16H2,1-5H3/b25-22+. The summed E-state index contributed by atoms with van der Waals surface area (Å²) in [5, 5.41) is 11.5. The first kappa shape index (κ1) is 25.4. The second kappa shape index (κ2) is 10.5. The molecule has 1 unspecified atom stereocenters. The average molecular weight is 491 g/mol. The van der Waals surface area contributed by atoms with E-state index in [1.165, 1.54) is 0 Å². The van der Waals surface area contributed by atoms with Crippen LogP contribution in [0.5, 0.6) is 5.75 Å². The first-order valence-electron chi connectivity index (χ1n) is 12.3. The number of imidazole rings is 1.